The smallest absolute Gasteiger partial charge is 0.258 e. The zero-order chi connectivity index (χ0) is 15.2. The Hall–Kier alpha value is -0.980. The van der Waals surface area contributed by atoms with Crippen LogP contribution >= 0.6 is 23.2 Å². The Morgan fingerprint density at radius 2 is 1.42 bits per heavy atom. The predicted octanol–water partition coefficient (Wildman–Crippen LogP) is 0.196. The van der Waals surface area contributed by atoms with Crippen LogP contribution in [-0.2, 0) is 20.0 Å². The molecular weight excluding hydrogens is 345 g/mol. The van der Waals surface area contributed by atoms with Gasteiger partial charge in [0.15, 0.2) is 4.90 Å². The molecule has 1 rings (SSSR count). The molecule has 0 amide bonds. The number of nitrogens with two attached hydrogens (primary N) is 2. The van der Waals surface area contributed by atoms with Gasteiger partial charge in [0, 0.05) is 0 Å². The lowest BCUT2D eigenvalue weighted by molar-refractivity contribution is -0.387. The highest BCUT2D eigenvalue weighted by Gasteiger charge is 2.32. The van der Waals surface area contributed by atoms with Crippen molar-refractivity contribution >= 4 is 48.9 Å². The number of hydrogen-bond acceptors (Lipinski definition) is 6. The molecule has 0 saturated carbocycles. The number of primary sulfonamides is 2. The number of rotatable bonds is 3. The maximum Gasteiger partial charge on any atom is 0.309 e. The molecule has 0 heterocycles. The normalized spacial score (nSPS) is 12.4. The van der Waals surface area contributed by atoms with Gasteiger partial charge in [-0.3, -0.25) is 10.1 Å². The maximum absolute atomic E-state index is 11.2. The Bertz CT molecular complexity index is 773. The van der Waals surface area contributed by atoms with Gasteiger partial charge in [-0.25, -0.2) is 27.1 Å². The van der Waals surface area contributed by atoms with E-state index in [-0.39, 0.29) is 0 Å². The van der Waals surface area contributed by atoms with E-state index in [4.69, 9.17) is 33.5 Å². The second-order valence-electron chi connectivity index (χ2n) is 3.20. The summed E-state index contributed by atoms with van der Waals surface area (Å²) in [6, 6.07) is 0.386. The summed E-state index contributed by atoms with van der Waals surface area (Å²) in [5.74, 6) is 0. The SMILES string of the molecule is NS(=O)(=O)c1cc(S(N)(=O)=O)c([N+](=O)[O-])c(Cl)c1Cl. The third kappa shape index (κ3) is 3.13. The summed E-state index contributed by atoms with van der Waals surface area (Å²) in [6.07, 6.45) is 0. The fourth-order valence-electron chi connectivity index (χ4n) is 1.17. The maximum atomic E-state index is 11.2. The first-order valence-electron chi connectivity index (χ1n) is 4.09. The monoisotopic (exact) mass is 349 g/mol. The third-order valence-electron chi connectivity index (χ3n) is 1.91. The highest BCUT2D eigenvalue weighted by Crippen LogP contribution is 2.40. The average molecular weight is 350 g/mol. The predicted molar refractivity (Wildman–Crippen MR) is 65.9 cm³/mol. The Kier molecular flexibility index (Phi) is 4.10. The Morgan fingerprint density at radius 1 is 1.00 bits per heavy atom. The van der Waals surface area contributed by atoms with E-state index in [1.165, 1.54) is 0 Å². The van der Waals surface area contributed by atoms with Crippen molar-refractivity contribution in [3.05, 3.63) is 26.2 Å². The van der Waals surface area contributed by atoms with Crippen molar-refractivity contribution in [3.63, 3.8) is 0 Å². The van der Waals surface area contributed by atoms with Gasteiger partial charge in [-0.2, -0.15) is 0 Å². The van der Waals surface area contributed by atoms with Crippen molar-refractivity contribution in [2.45, 2.75) is 9.79 Å². The number of nitro groups is 1. The van der Waals surface area contributed by atoms with Gasteiger partial charge in [0.2, 0.25) is 20.0 Å². The largest absolute Gasteiger partial charge is 0.309 e. The molecule has 0 bridgehead atoms. The van der Waals surface area contributed by atoms with Crippen molar-refractivity contribution in [2.24, 2.45) is 10.3 Å². The van der Waals surface area contributed by atoms with Gasteiger partial charge >= 0.3 is 5.69 Å². The number of benzene rings is 1. The van der Waals surface area contributed by atoms with Crippen molar-refractivity contribution in [1.82, 2.24) is 0 Å². The van der Waals surface area contributed by atoms with Crippen molar-refractivity contribution in [1.29, 1.82) is 0 Å². The molecule has 0 aromatic heterocycles. The van der Waals surface area contributed by atoms with Crippen LogP contribution in [0.4, 0.5) is 5.69 Å². The Morgan fingerprint density at radius 3 is 1.74 bits per heavy atom. The number of nitrogens with zero attached hydrogens (tertiary/aromatic N) is 1. The first-order valence-corrected chi connectivity index (χ1v) is 7.94. The minimum Gasteiger partial charge on any atom is -0.258 e. The van der Waals surface area contributed by atoms with Crippen molar-refractivity contribution in [3.8, 4) is 0 Å². The zero-order valence-electron chi connectivity index (χ0n) is 8.70. The fraction of sp³-hybridized carbons (Fsp3) is 0. The highest BCUT2D eigenvalue weighted by atomic mass is 35.5. The number of halogens is 2. The summed E-state index contributed by atoms with van der Waals surface area (Å²) >= 11 is 11.0. The van der Waals surface area contributed by atoms with E-state index in [0.717, 1.165) is 0 Å². The van der Waals surface area contributed by atoms with Crippen LogP contribution < -0.4 is 10.3 Å². The topological polar surface area (TPSA) is 163 Å². The zero-order valence-corrected chi connectivity index (χ0v) is 11.8. The number of nitro benzene ring substituents is 1. The first kappa shape index (κ1) is 16.1. The molecule has 13 heteroatoms. The van der Waals surface area contributed by atoms with E-state index < -0.39 is 50.5 Å². The lowest BCUT2D eigenvalue weighted by Crippen LogP contribution is -2.18. The lowest BCUT2D eigenvalue weighted by Gasteiger charge is -2.08. The summed E-state index contributed by atoms with van der Waals surface area (Å²) in [6.45, 7) is 0. The molecule has 19 heavy (non-hydrogen) atoms. The minimum absolute atomic E-state index is 0.386. The molecule has 0 spiro atoms. The second-order valence-corrected chi connectivity index (χ2v) is 7.01. The number of sulfonamides is 2. The van der Waals surface area contributed by atoms with Crippen LogP contribution in [-0.4, -0.2) is 21.8 Å². The summed E-state index contributed by atoms with van der Waals surface area (Å²) < 4.78 is 44.9. The average Bonchev–Trinajstić information content (AvgIpc) is 2.17. The van der Waals surface area contributed by atoms with E-state index >= 15 is 0 Å². The summed E-state index contributed by atoms with van der Waals surface area (Å²) in [5.41, 5.74) is -1.12. The van der Waals surface area contributed by atoms with Gasteiger partial charge in [-0.15, -0.1) is 0 Å². The van der Waals surface area contributed by atoms with Crippen LogP contribution in [0.25, 0.3) is 0 Å². The molecule has 106 valence electrons. The van der Waals surface area contributed by atoms with E-state index in [9.17, 15) is 26.9 Å². The highest BCUT2D eigenvalue weighted by molar-refractivity contribution is 7.90. The van der Waals surface area contributed by atoms with Crippen LogP contribution in [0.3, 0.4) is 0 Å². The van der Waals surface area contributed by atoms with Gasteiger partial charge in [0.05, 0.1) is 9.95 Å². The molecular formula is C6H5Cl2N3O6S2. The quantitative estimate of drug-likeness (QED) is 0.584. The Balaban J connectivity index is 4.03. The van der Waals surface area contributed by atoms with Gasteiger partial charge < -0.3 is 0 Å². The van der Waals surface area contributed by atoms with Gasteiger partial charge in [0.1, 0.15) is 9.92 Å². The molecule has 0 saturated heterocycles. The van der Waals surface area contributed by atoms with Crippen LogP contribution in [0.1, 0.15) is 0 Å². The van der Waals surface area contributed by atoms with Crippen molar-refractivity contribution in [2.75, 3.05) is 0 Å². The molecule has 0 aliphatic heterocycles. The van der Waals surface area contributed by atoms with E-state index in [1.807, 2.05) is 0 Å². The molecule has 0 aliphatic rings. The lowest BCUT2D eigenvalue weighted by atomic mass is 10.3. The summed E-state index contributed by atoms with van der Waals surface area (Å²) in [5, 5.41) is 18.7. The Labute approximate surface area is 117 Å². The van der Waals surface area contributed by atoms with Crippen LogP contribution in [0.2, 0.25) is 10.0 Å². The number of hydrogen-bond donors (Lipinski definition) is 2. The first-order chi connectivity index (χ1) is 8.37. The second kappa shape index (κ2) is 4.85. The van der Waals surface area contributed by atoms with E-state index in [1.54, 1.807) is 0 Å². The molecule has 9 nitrogen and oxygen atoms in total. The summed E-state index contributed by atoms with van der Waals surface area (Å²) in [7, 11) is -9.05. The van der Waals surface area contributed by atoms with E-state index in [2.05, 4.69) is 0 Å². The van der Waals surface area contributed by atoms with Crippen LogP contribution in [0.15, 0.2) is 15.9 Å². The standard InChI is InChI=1S/C6H5Cl2N3O6S2/c7-4-2(18(9,14)15)1-3(19(10,16)17)6(5(4)8)11(12)13/h1H,(H2,9,14,15)(H2,10,16,17). The van der Waals surface area contributed by atoms with E-state index in [0.29, 0.717) is 6.07 Å². The third-order valence-corrected chi connectivity index (χ3v) is 4.74. The van der Waals surface area contributed by atoms with Gasteiger partial charge in [-0.1, -0.05) is 23.2 Å². The van der Waals surface area contributed by atoms with Gasteiger partial charge in [-0.05, 0) is 6.07 Å². The molecule has 0 radical (unpaired) electrons. The van der Waals surface area contributed by atoms with Crippen molar-refractivity contribution < 1.29 is 21.8 Å². The molecule has 4 N–H and O–H groups in total. The fourth-order valence-corrected chi connectivity index (χ4v) is 3.45. The molecule has 0 atom stereocenters. The van der Waals surface area contributed by atoms with Crippen LogP contribution in [0, 0.1) is 10.1 Å². The summed E-state index contributed by atoms with van der Waals surface area (Å²) in [4.78, 5) is 7.63. The minimum atomic E-state index is -4.61. The van der Waals surface area contributed by atoms with Gasteiger partial charge in [0.25, 0.3) is 0 Å². The molecule has 1 aromatic carbocycles. The molecule has 0 unspecified atom stereocenters. The molecule has 0 aliphatic carbocycles. The van der Waals surface area contributed by atoms with Crippen LogP contribution in [0.5, 0.6) is 0 Å². The molecule has 1 aromatic rings. The molecule has 0 fully saturated rings.